The summed E-state index contributed by atoms with van der Waals surface area (Å²) < 4.78 is 0. The maximum atomic E-state index is 12.0. The second kappa shape index (κ2) is 7.59. The van der Waals surface area contributed by atoms with E-state index in [0.29, 0.717) is 12.8 Å². The molecule has 0 aliphatic carbocycles. The summed E-state index contributed by atoms with van der Waals surface area (Å²) in [6, 6.07) is 13.0. The van der Waals surface area contributed by atoms with Crippen LogP contribution in [0.1, 0.15) is 29.3 Å². The van der Waals surface area contributed by atoms with Crippen molar-refractivity contribution in [1.82, 2.24) is 5.32 Å². The predicted octanol–water partition coefficient (Wildman–Crippen LogP) is 3.01. The van der Waals surface area contributed by atoms with Crippen molar-refractivity contribution in [3.63, 3.8) is 0 Å². The number of nitrogens with one attached hydrogen (secondary N) is 1. The maximum absolute atomic E-state index is 12.0. The zero-order valence-electron chi connectivity index (χ0n) is 11.5. The van der Waals surface area contributed by atoms with Crippen LogP contribution in [0.3, 0.4) is 0 Å². The molecule has 2 aromatic rings. The van der Waals surface area contributed by atoms with Crippen molar-refractivity contribution in [2.24, 2.45) is 0 Å². The van der Waals surface area contributed by atoms with E-state index >= 15 is 0 Å². The third-order valence-electron chi connectivity index (χ3n) is 3.08. The molecule has 0 bridgehead atoms. The normalized spacial score (nSPS) is 11.8. The lowest BCUT2D eigenvalue weighted by Gasteiger charge is -2.15. The van der Waals surface area contributed by atoms with E-state index in [-0.39, 0.29) is 12.3 Å². The van der Waals surface area contributed by atoms with Gasteiger partial charge in [0.25, 0.3) is 0 Å². The zero-order chi connectivity index (χ0) is 15.1. The Hall–Kier alpha value is -2.14. The summed E-state index contributed by atoms with van der Waals surface area (Å²) in [7, 11) is 0. The molecule has 1 aromatic heterocycles. The molecule has 0 saturated heterocycles. The number of carbonyl (C=O) groups excluding carboxylic acids is 1. The van der Waals surface area contributed by atoms with Gasteiger partial charge in [-0.15, -0.1) is 11.3 Å². The summed E-state index contributed by atoms with van der Waals surface area (Å²) in [5.41, 5.74) is 1.10. The molecule has 110 valence electrons. The topological polar surface area (TPSA) is 66.4 Å². The highest BCUT2D eigenvalue weighted by molar-refractivity contribution is 7.10. The highest BCUT2D eigenvalue weighted by Gasteiger charge is 2.18. The van der Waals surface area contributed by atoms with Crippen LogP contribution in [0.25, 0.3) is 0 Å². The predicted molar refractivity (Wildman–Crippen MR) is 82.2 cm³/mol. The Morgan fingerprint density at radius 1 is 1.14 bits per heavy atom. The van der Waals surface area contributed by atoms with Gasteiger partial charge in [0, 0.05) is 11.3 Å². The largest absolute Gasteiger partial charge is 0.481 e. The molecule has 1 heterocycles. The van der Waals surface area contributed by atoms with E-state index in [0.717, 1.165) is 10.4 Å². The molecule has 5 heteroatoms. The maximum Gasteiger partial charge on any atom is 0.305 e. The fourth-order valence-corrected chi connectivity index (χ4v) is 2.83. The molecule has 21 heavy (non-hydrogen) atoms. The van der Waals surface area contributed by atoms with Crippen molar-refractivity contribution < 1.29 is 14.7 Å². The van der Waals surface area contributed by atoms with Crippen molar-refractivity contribution >= 4 is 23.2 Å². The smallest absolute Gasteiger partial charge is 0.305 e. The molecule has 1 aromatic carbocycles. The van der Waals surface area contributed by atoms with Gasteiger partial charge in [0.2, 0.25) is 5.91 Å². The molecule has 4 nitrogen and oxygen atoms in total. The number of rotatable bonds is 7. The Balaban J connectivity index is 1.90. The van der Waals surface area contributed by atoms with Gasteiger partial charge in [0.15, 0.2) is 0 Å². The van der Waals surface area contributed by atoms with Crippen LogP contribution >= 0.6 is 11.3 Å². The van der Waals surface area contributed by atoms with Crippen LogP contribution in [0, 0.1) is 0 Å². The average Bonchev–Trinajstić information content (AvgIpc) is 2.99. The summed E-state index contributed by atoms with van der Waals surface area (Å²) >= 11 is 1.45. The first-order chi connectivity index (χ1) is 10.1. The Labute approximate surface area is 127 Å². The zero-order valence-corrected chi connectivity index (χ0v) is 12.3. The average molecular weight is 303 g/mol. The van der Waals surface area contributed by atoms with E-state index in [1.807, 2.05) is 47.8 Å². The number of thiophene rings is 1. The Kier molecular flexibility index (Phi) is 5.51. The van der Waals surface area contributed by atoms with E-state index in [1.165, 1.54) is 11.3 Å². The number of aliphatic carboxylic acids is 1. The molecule has 0 aliphatic rings. The number of amides is 1. The van der Waals surface area contributed by atoms with E-state index in [4.69, 9.17) is 5.11 Å². The van der Waals surface area contributed by atoms with Gasteiger partial charge in [-0.05, 0) is 23.4 Å². The van der Waals surface area contributed by atoms with Gasteiger partial charge >= 0.3 is 5.97 Å². The van der Waals surface area contributed by atoms with Crippen molar-refractivity contribution in [3.05, 3.63) is 58.3 Å². The van der Waals surface area contributed by atoms with Crippen LogP contribution in [0.15, 0.2) is 47.8 Å². The van der Waals surface area contributed by atoms with Gasteiger partial charge in [0.1, 0.15) is 0 Å². The van der Waals surface area contributed by atoms with Crippen molar-refractivity contribution in [2.45, 2.75) is 25.3 Å². The van der Waals surface area contributed by atoms with Gasteiger partial charge < -0.3 is 10.4 Å². The number of hydrogen-bond donors (Lipinski definition) is 2. The minimum atomic E-state index is -0.920. The van der Waals surface area contributed by atoms with Crippen LogP contribution in [0.4, 0.5) is 0 Å². The van der Waals surface area contributed by atoms with Crippen LogP contribution in [0.2, 0.25) is 0 Å². The van der Waals surface area contributed by atoms with Gasteiger partial charge in [-0.2, -0.15) is 0 Å². The molecule has 0 fully saturated rings. The number of carbonyl (C=O) groups is 2. The van der Waals surface area contributed by atoms with Crippen molar-refractivity contribution in [3.8, 4) is 0 Å². The monoisotopic (exact) mass is 303 g/mol. The minimum absolute atomic E-state index is 0.0996. The van der Waals surface area contributed by atoms with E-state index < -0.39 is 12.0 Å². The van der Waals surface area contributed by atoms with Crippen molar-refractivity contribution in [2.75, 3.05) is 0 Å². The third-order valence-corrected chi connectivity index (χ3v) is 4.07. The molecule has 1 amide bonds. The minimum Gasteiger partial charge on any atom is -0.481 e. The number of carboxylic acids is 1. The van der Waals surface area contributed by atoms with Crippen LogP contribution in [0.5, 0.6) is 0 Å². The fraction of sp³-hybridized carbons (Fsp3) is 0.250. The van der Waals surface area contributed by atoms with Gasteiger partial charge in [-0.3, -0.25) is 9.59 Å². The SMILES string of the molecule is O=C(O)C[C@@H](NC(=O)CCc1ccccc1)c1cccs1. The molecule has 0 unspecified atom stereocenters. The number of aryl methyl sites for hydroxylation is 1. The molecule has 2 N–H and O–H groups in total. The molecule has 0 aliphatic heterocycles. The Bertz CT molecular complexity index is 581. The second-order valence-electron chi connectivity index (χ2n) is 4.72. The van der Waals surface area contributed by atoms with Crippen LogP contribution in [-0.2, 0) is 16.0 Å². The third kappa shape index (κ3) is 5.04. The van der Waals surface area contributed by atoms with Crippen LogP contribution in [-0.4, -0.2) is 17.0 Å². The lowest BCUT2D eigenvalue weighted by atomic mass is 10.1. The Morgan fingerprint density at radius 2 is 1.90 bits per heavy atom. The number of carboxylic acid groups (broad SMARTS) is 1. The second-order valence-corrected chi connectivity index (χ2v) is 5.70. The summed E-state index contributed by atoms with van der Waals surface area (Å²) in [6.07, 6.45) is 0.903. The molecule has 0 spiro atoms. The first kappa shape index (κ1) is 15.3. The quantitative estimate of drug-likeness (QED) is 0.826. The summed E-state index contributed by atoms with van der Waals surface area (Å²) in [4.78, 5) is 23.8. The van der Waals surface area contributed by atoms with E-state index in [1.54, 1.807) is 0 Å². The van der Waals surface area contributed by atoms with E-state index in [2.05, 4.69) is 5.32 Å². The molecule has 1 atom stereocenters. The number of hydrogen-bond acceptors (Lipinski definition) is 3. The lowest BCUT2D eigenvalue weighted by Crippen LogP contribution is -2.29. The standard InChI is InChI=1S/C16H17NO3S/c18-15(9-8-12-5-2-1-3-6-12)17-13(11-16(19)20)14-7-4-10-21-14/h1-7,10,13H,8-9,11H2,(H,17,18)(H,19,20)/t13-/m1/s1. The molecule has 0 radical (unpaired) electrons. The first-order valence-electron chi connectivity index (χ1n) is 6.73. The summed E-state index contributed by atoms with van der Waals surface area (Å²) in [5.74, 6) is -1.05. The van der Waals surface area contributed by atoms with Gasteiger partial charge in [-0.1, -0.05) is 36.4 Å². The number of benzene rings is 1. The fourth-order valence-electron chi connectivity index (χ4n) is 2.06. The molecular formula is C16H17NO3S. The molecular weight excluding hydrogens is 286 g/mol. The Morgan fingerprint density at radius 3 is 2.52 bits per heavy atom. The first-order valence-corrected chi connectivity index (χ1v) is 7.61. The highest BCUT2D eigenvalue weighted by Crippen LogP contribution is 2.22. The van der Waals surface area contributed by atoms with Crippen molar-refractivity contribution in [1.29, 1.82) is 0 Å². The molecule has 2 rings (SSSR count). The van der Waals surface area contributed by atoms with Gasteiger partial charge in [-0.25, -0.2) is 0 Å². The van der Waals surface area contributed by atoms with Crippen LogP contribution < -0.4 is 5.32 Å². The summed E-state index contributed by atoms with van der Waals surface area (Å²) in [5, 5.41) is 13.6. The highest BCUT2D eigenvalue weighted by atomic mass is 32.1. The summed E-state index contributed by atoms with van der Waals surface area (Å²) in [6.45, 7) is 0. The lowest BCUT2D eigenvalue weighted by molar-refractivity contribution is -0.137. The van der Waals surface area contributed by atoms with E-state index in [9.17, 15) is 9.59 Å². The molecule has 0 saturated carbocycles. The van der Waals surface area contributed by atoms with Gasteiger partial charge in [0.05, 0.1) is 12.5 Å².